The molecule has 38 heavy (non-hydrogen) atoms. The number of amides is 1. The average Bonchev–Trinajstić information content (AvgIpc) is 3.50. The minimum absolute atomic E-state index is 0.0286. The summed E-state index contributed by atoms with van der Waals surface area (Å²) in [6, 6.07) is 10.7. The number of aromatic amines is 1. The normalized spacial score (nSPS) is 11.7. The topological polar surface area (TPSA) is 130 Å². The molecular formula is C26H25Cl2N7O3. The molecule has 0 atom stereocenters. The van der Waals surface area contributed by atoms with Gasteiger partial charge in [0.15, 0.2) is 5.82 Å². The van der Waals surface area contributed by atoms with Gasteiger partial charge in [-0.2, -0.15) is 5.10 Å². The van der Waals surface area contributed by atoms with Gasteiger partial charge in [0.25, 0.3) is 0 Å². The van der Waals surface area contributed by atoms with Gasteiger partial charge in [-0.15, -0.1) is 0 Å². The number of anilines is 2. The van der Waals surface area contributed by atoms with Gasteiger partial charge in [-0.05, 0) is 50.2 Å². The molecule has 10 nitrogen and oxygen atoms in total. The maximum absolute atomic E-state index is 12.0. The monoisotopic (exact) mass is 553 g/mol. The van der Waals surface area contributed by atoms with Crippen molar-refractivity contribution >= 4 is 62.6 Å². The van der Waals surface area contributed by atoms with Crippen molar-refractivity contribution in [1.29, 1.82) is 0 Å². The number of fused-ring (bicyclic) bond motifs is 2. The van der Waals surface area contributed by atoms with Crippen LogP contribution in [0.3, 0.4) is 0 Å². The first-order valence-corrected chi connectivity index (χ1v) is 12.6. The highest BCUT2D eigenvalue weighted by atomic mass is 35.5. The van der Waals surface area contributed by atoms with E-state index in [1.54, 1.807) is 44.3 Å². The highest BCUT2D eigenvalue weighted by Crippen LogP contribution is 2.37. The van der Waals surface area contributed by atoms with Crippen LogP contribution in [0.25, 0.3) is 21.9 Å². The lowest BCUT2D eigenvalue weighted by Crippen LogP contribution is -2.33. The highest BCUT2D eigenvalue weighted by Gasteiger charge is 2.18. The Morgan fingerprint density at radius 1 is 1.13 bits per heavy atom. The first-order chi connectivity index (χ1) is 18.2. The van der Waals surface area contributed by atoms with Gasteiger partial charge in [0, 0.05) is 25.0 Å². The summed E-state index contributed by atoms with van der Waals surface area (Å²) in [6.45, 7) is 4.09. The number of ether oxygens (including phenoxy) is 1. The molecule has 0 saturated carbocycles. The molecule has 5 rings (SSSR count). The number of benzene rings is 2. The zero-order valence-corrected chi connectivity index (χ0v) is 22.1. The fraction of sp³-hybridized carbons (Fsp3) is 0.231. The fourth-order valence-electron chi connectivity index (χ4n) is 4.06. The van der Waals surface area contributed by atoms with E-state index >= 15 is 0 Å². The van der Waals surface area contributed by atoms with Crippen molar-refractivity contribution in [2.45, 2.75) is 32.4 Å². The summed E-state index contributed by atoms with van der Waals surface area (Å²) < 4.78 is 8.01. The van der Waals surface area contributed by atoms with Gasteiger partial charge in [-0.1, -0.05) is 23.2 Å². The quantitative estimate of drug-likeness (QED) is 0.191. The molecule has 0 bridgehead atoms. The Balaban J connectivity index is 1.32. The predicted molar refractivity (Wildman–Crippen MR) is 147 cm³/mol. The molecule has 12 heteroatoms. The van der Waals surface area contributed by atoms with E-state index in [2.05, 4.69) is 30.8 Å². The molecule has 4 N–H and O–H groups in total. The van der Waals surface area contributed by atoms with E-state index in [0.717, 1.165) is 16.4 Å². The van der Waals surface area contributed by atoms with Crippen LogP contribution < -0.4 is 15.4 Å². The standard InChI is InChI=1S/C26H25Cl2N7O3/c1-26(2,37)12-22(36)29-8-10-35-9-7-19-24(35)25(31-14-30-19)33-15-3-5-21(18(28)11-15)38-20-6-4-17(27)23-16(20)13-32-34-23/h3-7,9,11,13-14,37H,8,10,12H2,1-2H3,(H,29,36)(H,32,34)(H,30,31,33). The van der Waals surface area contributed by atoms with E-state index < -0.39 is 5.60 Å². The van der Waals surface area contributed by atoms with Crippen molar-refractivity contribution in [2.75, 3.05) is 11.9 Å². The maximum atomic E-state index is 12.0. The van der Waals surface area contributed by atoms with Crippen LogP contribution in [0.1, 0.15) is 20.3 Å². The lowest BCUT2D eigenvalue weighted by atomic mass is 10.1. The summed E-state index contributed by atoms with van der Waals surface area (Å²) in [4.78, 5) is 20.8. The third kappa shape index (κ3) is 5.67. The van der Waals surface area contributed by atoms with E-state index in [9.17, 15) is 9.90 Å². The summed E-state index contributed by atoms with van der Waals surface area (Å²) in [5, 5.41) is 24.6. The molecule has 0 saturated heterocycles. The fourth-order valence-corrected chi connectivity index (χ4v) is 4.49. The van der Waals surface area contributed by atoms with Gasteiger partial charge in [-0.25, -0.2) is 9.97 Å². The van der Waals surface area contributed by atoms with E-state index in [0.29, 0.717) is 51.7 Å². The van der Waals surface area contributed by atoms with Crippen LogP contribution in [-0.2, 0) is 11.3 Å². The Labute approximate surface area is 227 Å². The second kappa shape index (κ2) is 10.5. The molecule has 2 aromatic carbocycles. The SMILES string of the molecule is CC(C)(O)CC(=O)NCCn1ccc2ncnc(Nc3ccc(Oc4ccc(Cl)c5[nH]ncc45)c(Cl)c3)c21. The molecule has 3 heterocycles. The number of hydrogen-bond donors (Lipinski definition) is 4. The third-order valence-electron chi connectivity index (χ3n) is 5.76. The van der Waals surface area contributed by atoms with Gasteiger partial charge in [0.2, 0.25) is 5.91 Å². The zero-order chi connectivity index (χ0) is 26.9. The van der Waals surface area contributed by atoms with Gasteiger partial charge < -0.3 is 25.0 Å². The Kier molecular flexibility index (Phi) is 7.11. The molecule has 0 radical (unpaired) electrons. The van der Waals surface area contributed by atoms with Gasteiger partial charge in [0.1, 0.15) is 23.3 Å². The predicted octanol–water partition coefficient (Wildman–Crippen LogP) is 5.43. The number of H-pyrrole nitrogens is 1. The lowest BCUT2D eigenvalue weighted by molar-refractivity contribution is -0.124. The first-order valence-electron chi connectivity index (χ1n) is 11.8. The molecule has 3 aromatic heterocycles. The van der Waals surface area contributed by atoms with Crippen molar-refractivity contribution in [3.8, 4) is 11.5 Å². The molecule has 1 amide bonds. The minimum atomic E-state index is -1.06. The van der Waals surface area contributed by atoms with Crippen LogP contribution in [0.2, 0.25) is 10.0 Å². The van der Waals surface area contributed by atoms with Crippen LogP contribution in [-0.4, -0.2) is 47.9 Å². The second-order valence-electron chi connectivity index (χ2n) is 9.38. The second-order valence-corrected chi connectivity index (χ2v) is 10.2. The Morgan fingerprint density at radius 3 is 2.74 bits per heavy atom. The smallest absolute Gasteiger partial charge is 0.222 e. The van der Waals surface area contributed by atoms with E-state index in [1.807, 2.05) is 22.9 Å². The molecule has 0 spiro atoms. The summed E-state index contributed by atoms with van der Waals surface area (Å²) in [5.74, 6) is 1.42. The minimum Gasteiger partial charge on any atom is -0.455 e. The number of hydrogen-bond acceptors (Lipinski definition) is 7. The van der Waals surface area contributed by atoms with Crippen molar-refractivity contribution in [3.63, 3.8) is 0 Å². The summed E-state index contributed by atoms with van der Waals surface area (Å²) in [5.41, 5.74) is 1.87. The number of rotatable bonds is 9. The average molecular weight is 554 g/mol. The lowest BCUT2D eigenvalue weighted by Gasteiger charge is -2.16. The molecule has 196 valence electrons. The number of halogens is 2. The summed E-state index contributed by atoms with van der Waals surface area (Å²) in [7, 11) is 0. The highest BCUT2D eigenvalue weighted by molar-refractivity contribution is 6.35. The van der Waals surface area contributed by atoms with Crippen LogP contribution in [0.15, 0.2) is 55.1 Å². The number of carbonyl (C=O) groups excluding carboxylic acids is 1. The Morgan fingerprint density at radius 2 is 1.95 bits per heavy atom. The van der Waals surface area contributed by atoms with Gasteiger partial charge >= 0.3 is 0 Å². The number of carbonyl (C=O) groups is 1. The largest absolute Gasteiger partial charge is 0.455 e. The maximum Gasteiger partial charge on any atom is 0.222 e. The summed E-state index contributed by atoms with van der Waals surface area (Å²) >= 11 is 12.8. The van der Waals surface area contributed by atoms with Crippen LogP contribution in [0, 0.1) is 0 Å². The van der Waals surface area contributed by atoms with E-state index in [-0.39, 0.29) is 12.3 Å². The van der Waals surface area contributed by atoms with Gasteiger partial charge in [0.05, 0.1) is 44.7 Å². The molecular weight excluding hydrogens is 529 g/mol. The summed E-state index contributed by atoms with van der Waals surface area (Å²) in [6.07, 6.45) is 5.05. The molecule has 0 aliphatic heterocycles. The molecule has 5 aromatic rings. The van der Waals surface area contributed by atoms with E-state index in [1.165, 1.54) is 6.33 Å². The van der Waals surface area contributed by atoms with Crippen molar-refractivity contribution in [3.05, 3.63) is 65.2 Å². The molecule has 0 aliphatic carbocycles. The number of nitrogens with zero attached hydrogens (tertiary/aromatic N) is 4. The number of nitrogens with one attached hydrogen (secondary N) is 3. The van der Waals surface area contributed by atoms with Crippen molar-refractivity contribution in [1.82, 2.24) is 30.0 Å². The van der Waals surface area contributed by atoms with Crippen LogP contribution in [0.5, 0.6) is 11.5 Å². The van der Waals surface area contributed by atoms with Crippen LogP contribution >= 0.6 is 23.2 Å². The Hall–Kier alpha value is -3.86. The Bertz CT molecular complexity index is 1620. The first kappa shape index (κ1) is 25.8. The molecule has 0 fully saturated rings. The van der Waals surface area contributed by atoms with Crippen molar-refractivity contribution < 1.29 is 14.6 Å². The third-order valence-corrected chi connectivity index (χ3v) is 6.37. The molecule has 0 unspecified atom stereocenters. The number of aromatic nitrogens is 5. The van der Waals surface area contributed by atoms with Gasteiger partial charge in [-0.3, -0.25) is 9.89 Å². The van der Waals surface area contributed by atoms with E-state index in [4.69, 9.17) is 27.9 Å². The van der Waals surface area contributed by atoms with Crippen molar-refractivity contribution in [2.24, 2.45) is 0 Å². The van der Waals surface area contributed by atoms with Crippen LogP contribution in [0.4, 0.5) is 11.5 Å². The zero-order valence-electron chi connectivity index (χ0n) is 20.6. The molecule has 0 aliphatic rings. The number of aliphatic hydroxyl groups is 1.